The Hall–Kier alpha value is -0.610. The molecule has 0 spiro atoms. The predicted octanol–water partition coefficient (Wildman–Crippen LogP) is 3.08. The number of nitrogens with zero attached hydrogens (tertiary/aromatic N) is 1. The molecule has 1 amide bonds. The molecule has 0 unspecified atom stereocenters. The van der Waals surface area contributed by atoms with E-state index in [9.17, 15) is 4.79 Å². The molecule has 0 aromatic rings. The highest BCUT2D eigenvalue weighted by atomic mass is 127. The van der Waals surface area contributed by atoms with E-state index in [1.54, 1.807) is 0 Å². The Morgan fingerprint density at radius 2 is 1.73 bits per heavy atom. The van der Waals surface area contributed by atoms with Crippen LogP contribution in [-0.2, 0) is 14.3 Å². The van der Waals surface area contributed by atoms with Gasteiger partial charge >= 0.3 is 0 Å². The van der Waals surface area contributed by atoms with Crippen molar-refractivity contribution in [3.05, 3.63) is 0 Å². The summed E-state index contributed by atoms with van der Waals surface area (Å²) in [6, 6.07) is 0. The minimum atomic E-state index is 0. The van der Waals surface area contributed by atoms with Crippen LogP contribution in [0.25, 0.3) is 0 Å². The summed E-state index contributed by atoms with van der Waals surface area (Å²) in [6.07, 6.45) is 10.1. The van der Waals surface area contributed by atoms with Gasteiger partial charge in [0.05, 0.1) is 0 Å². The maximum absolute atomic E-state index is 12.1. The molecule has 2 aliphatic rings. The highest BCUT2D eigenvalue weighted by molar-refractivity contribution is 14.0. The minimum absolute atomic E-state index is 0. The molecule has 1 saturated carbocycles. The second-order valence-corrected chi connectivity index (χ2v) is 8.23. The van der Waals surface area contributed by atoms with Crippen molar-refractivity contribution in [3.8, 4) is 0 Å². The Labute approximate surface area is 199 Å². The van der Waals surface area contributed by atoms with Crippen molar-refractivity contribution in [2.75, 3.05) is 52.6 Å². The van der Waals surface area contributed by atoms with Gasteiger partial charge in [-0.3, -0.25) is 9.79 Å². The number of halogens is 1. The van der Waals surface area contributed by atoms with Crippen LogP contribution in [0.3, 0.4) is 0 Å². The van der Waals surface area contributed by atoms with Crippen LogP contribution in [0.1, 0.15) is 64.7 Å². The van der Waals surface area contributed by atoms with Gasteiger partial charge in [-0.05, 0) is 50.9 Å². The zero-order chi connectivity index (χ0) is 20.6. The molecule has 0 aromatic heterocycles. The molecule has 2 fully saturated rings. The molecular formula is C22H43IN4O3. The van der Waals surface area contributed by atoms with Gasteiger partial charge in [-0.2, -0.15) is 0 Å². The Kier molecular flexibility index (Phi) is 16.5. The number of carbonyl (C=O) groups excluding carboxylic acids is 1. The van der Waals surface area contributed by atoms with Crippen LogP contribution in [0.5, 0.6) is 0 Å². The Bertz CT molecular complexity index is 467. The van der Waals surface area contributed by atoms with E-state index in [1.807, 2.05) is 0 Å². The SMILES string of the molecule is CCNC(=NCCCOCC1CCOCC1)NCCNC(=O)CC1CCCCC1.I. The summed E-state index contributed by atoms with van der Waals surface area (Å²) in [5.41, 5.74) is 0. The molecule has 30 heavy (non-hydrogen) atoms. The lowest BCUT2D eigenvalue weighted by molar-refractivity contribution is -0.122. The second kappa shape index (κ2) is 18.0. The summed E-state index contributed by atoms with van der Waals surface area (Å²) in [5, 5.41) is 9.57. The van der Waals surface area contributed by atoms with Gasteiger partial charge in [0.15, 0.2) is 5.96 Å². The Morgan fingerprint density at radius 1 is 1.00 bits per heavy atom. The number of aliphatic imine (C=N–C) groups is 1. The van der Waals surface area contributed by atoms with Crippen LogP contribution in [-0.4, -0.2) is 64.5 Å². The van der Waals surface area contributed by atoms with Crippen LogP contribution in [0, 0.1) is 11.8 Å². The van der Waals surface area contributed by atoms with E-state index < -0.39 is 0 Å². The molecule has 2 rings (SSSR count). The first-order chi connectivity index (χ1) is 14.3. The maximum Gasteiger partial charge on any atom is 0.220 e. The molecule has 7 nitrogen and oxygen atoms in total. The number of guanidine groups is 1. The van der Waals surface area contributed by atoms with Gasteiger partial charge in [0, 0.05) is 59.0 Å². The van der Waals surface area contributed by atoms with Crippen LogP contribution < -0.4 is 16.0 Å². The third-order valence-electron chi connectivity index (χ3n) is 5.69. The number of amides is 1. The first-order valence-electron chi connectivity index (χ1n) is 11.7. The van der Waals surface area contributed by atoms with E-state index in [2.05, 4.69) is 27.9 Å². The maximum atomic E-state index is 12.1. The quantitative estimate of drug-likeness (QED) is 0.154. The lowest BCUT2D eigenvalue weighted by atomic mass is 9.87. The number of ether oxygens (including phenoxy) is 2. The fourth-order valence-electron chi connectivity index (χ4n) is 3.97. The number of carbonyl (C=O) groups is 1. The van der Waals surface area contributed by atoms with E-state index in [4.69, 9.17) is 9.47 Å². The lowest BCUT2D eigenvalue weighted by Crippen LogP contribution is -2.41. The average molecular weight is 539 g/mol. The van der Waals surface area contributed by atoms with E-state index >= 15 is 0 Å². The smallest absolute Gasteiger partial charge is 0.220 e. The minimum Gasteiger partial charge on any atom is -0.381 e. The first kappa shape index (κ1) is 27.4. The van der Waals surface area contributed by atoms with Crippen molar-refractivity contribution in [2.24, 2.45) is 16.8 Å². The molecule has 0 aromatic carbocycles. The van der Waals surface area contributed by atoms with Gasteiger partial charge in [0.25, 0.3) is 0 Å². The average Bonchev–Trinajstić information content (AvgIpc) is 2.75. The third kappa shape index (κ3) is 12.9. The van der Waals surface area contributed by atoms with Gasteiger partial charge in [0.2, 0.25) is 5.91 Å². The second-order valence-electron chi connectivity index (χ2n) is 8.23. The van der Waals surface area contributed by atoms with E-state index in [1.165, 1.54) is 32.1 Å². The zero-order valence-electron chi connectivity index (χ0n) is 18.8. The number of nitrogens with one attached hydrogen (secondary N) is 3. The van der Waals surface area contributed by atoms with E-state index in [0.717, 1.165) is 64.7 Å². The van der Waals surface area contributed by atoms with Gasteiger partial charge in [0.1, 0.15) is 0 Å². The highest BCUT2D eigenvalue weighted by Crippen LogP contribution is 2.25. The molecule has 0 radical (unpaired) electrons. The van der Waals surface area contributed by atoms with Crippen molar-refractivity contribution >= 4 is 35.8 Å². The predicted molar refractivity (Wildman–Crippen MR) is 133 cm³/mol. The fourth-order valence-corrected chi connectivity index (χ4v) is 3.97. The molecule has 3 N–H and O–H groups in total. The summed E-state index contributed by atoms with van der Waals surface area (Å²) in [5.74, 6) is 2.23. The molecular weight excluding hydrogens is 495 g/mol. The summed E-state index contributed by atoms with van der Waals surface area (Å²) < 4.78 is 11.2. The van der Waals surface area contributed by atoms with E-state index in [0.29, 0.717) is 31.3 Å². The standard InChI is InChI=1S/C22H42N4O3.HI/c1-2-23-22(25-11-6-14-29-18-20-9-15-28-16-10-20)26-13-12-24-21(27)17-19-7-4-3-5-8-19;/h19-20H,2-18H2,1H3,(H,24,27)(H2,23,25,26);1H. The Morgan fingerprint density at radius 3 is 2.47 bits per heavy atom. The largest absolute Gasteiger partial charge is 0.381 e. The van der Waals surface area contributed by atoms with Crippen LogP contribution in [0.15, 0.2) is 4.99 Å². The third-order valence-corrected chi connectivity index (χ3v) is 5.69. The molecule has 176 valence electrons. The summed E-state index contributed by atoms with van der Waals surface area (Å²) in [4.78, 5) is 16.7. The monoisotopic (exact) mass is 538 g/mol. The van der Waals surface area contributed by atoms with Gasteiger partial charge in [-0.1, -0.05) is 19.3 Å². The Balaban J connectivity index is 0.00000450. The first-order valence-corrected chi connectivity index (χ1v) is 11.7. The zero-order valence-corrected chi connectivity index (χ0v) is 21.1. The van der Waals surface area contributed by atoms with Crippen molar-refractivity contribution in [1.82, 2.24) is 16.0 Å². The lowest BCUT2D eigenvalue weighted by Gasteiger charge is -2.21. The number of hydrogen-bond donors (Lipinski definition) is 3. The summed E-state index contributed by atoms with van der Waals surface area (Å²) in [6.45, 7) is 8.25. The van der Waals surface area contributed by atoms with Crippen LogP contribution in [0.2, 0.25) is 0 Å². The van der Waals surface area contributed by atoms with E-state index in [-0.39, 0.29) is 29.9 Å². The van der Waals surface area contributed by atoms with Crippen molar-refractivity contribution in [2.45, 2.75) is 64.7 Å². The van der Waals surface area contributed by atoms with Crippen molar-refractivity contribution < 1.29 is 14.3 Å². The number of hydrogen-bond acceptors (Lipinski definition) is 4. The van der Waals surface area contributed by atoms with Crippen LogP contribution in [0.4, 0.5) is 0 Å². The van der Waals surface area contributed by atoms with Crippen molar-refractivity contribution in [3.63, 3.8) is 0 Å². The van der Waals surface area contributed by atoms with Crippen molar-refractivity contribution in [1.29, 1.82) is 0 Å². The summed E-state index contributed by atoms with van der Waals surface area (Å²) in [7, 11) is 0. The fraction of sp³-hybridized carbons (Fsp3) is 0.909. The van der Waals surface area contributed by atoms with Gasteiger partial charge < -0.3 is 25.4 Å². The highest BCUT2D eigenvalue weighted by Gasteiger charge is 2.16. The topological polar surface area (TPSA) is 84.0 Å². The van der Waals surface area contributed by atoms with Crippen LogP contribution >= 0.6 is 24.0 Å². The normalized spacial score (nSPS) is 18.5. The molecule has 1 aliphatic heterocycles. The van der Waals surface area contributed by atoms with Gasteiger partial charge in [-0.15, -0.1) is 24.0 Å². The summed E-state index contributed by atoms with van der Waals surface area (Å²) >= 11 is 0. The molecule has 8 heteroatoms. The molecule has 1 heterocycles. The molecule has 1 aliphatic carbocycles. The van der Waals surface area contributed by atoms with Gasteiger partial charge in [-0.25, -0.2) is 0 Å². The molecule has 0 atom stereocenters. The molecule has 1 saturated heterocycles. The number of rotatable bonds is 12. The molecule has 0 bridgehead atoms.